The number of thiophene rings is 1. The molecule has 1 fully saturated rings. The predicted molar refractivity (Wildman–Crippen MR) is 95.3 cm³/mol. The summed E-state index contributed by atoms with van der Waals surface area (Å²) in [6.07, 6.45) is 5.09. The molecule has 1 aliphatic rings. The molecular weight excluding hydrogens is 344 g/mol. The van der Waals surface area contributed by atoms with Crippen LogP contribution >= 0.6 is 22.7 Å². The van der Waals surface area contributed by atoms with Crippen molar-refractivity contribution in [3.05, 3.63) is 27.9 Å². The van der Waals surface area contributed by atoms with Crippen molar-refractivity contribution in [3.63, 3.8) is 0 Å². The molecule has 7 heteroatoms. The van der Waals surface area contributed by atoms with Gasteiger partial charge in [-0.2, -0.15) is 11.3 Å². The second-order valence-electron chi connectivity index (χ2n) is 6.23. The number of rotatable bonds is 4. The Balaban J connectivity index is 1.76. The van der Waals surface area contributed by atoms with Gasteiger partial charge in [0, 0.05) is 10.9 Å². The number of ether oxygens (including phenoxy) is 1. The Morgan fingerprint density at radius 2 is 2.25 bits per heavy atom. The van der Waals surface area contributed by atoms with Gasteiger partial charge >= 0.3 is 5.97 Å². The third kappa shape index (κ3) is 3.37. The summed E-state index contributed by atoms with van der Waals surface area (Å²) in [5, 5.41) is 7.90. The van der Waals surface area contributed by atoms with Gasteiger partial charge in [-0.25, -0.2) is 4.98 Å². The summed E-state index contributed by atoms with van der Waals surface area (Å²) in [7, 11) is 1.40. The maximum atomic E-state index is 12.7. The molecule has 1 N–H and O–H groups in total. The minimum absolute atomic E-state index is 0.174. The second kappa shape index (κ2) is 7.03. The van der Waals surface area contributed by atoms with Crippen LogP contribution in [0.15, 0.2) is 23.0 Å². The number of hydrogen-bond donors (Lipinski definition) is 1. The number of nitrogens with zero attached hydrogens (tertiary/aromatic N) is 1. The van der Waals surface area contributed by atoms with Gasteiger partial charge in [0.1, 0.15) is 9.88 Å². The highest BCUT2D eigenvalue weighted by Crippen LogP contribution is 2.35. The van der Waals surface area contributed by atoms with Gasteiger partial charge in [0.2, 0.25) is 0 Å². The minimum Gasteiger partial charge on any atom is -0.469 e. The smallest absolute Gasteiger partial charge is 0.311 e. The lowest BCUT2D eigenvalue weighted by Gasteiger charge is -2.40. The topological polar surface area (TPSA) is 68.3 Å². The molecule has 0 radical (unpaired) electrons. The summed E-state index contributed by atoms with van der Waals surface area (Å²) in [6, 6.07) is 1.99. The van der Waals surface area contributed by atoms with Crippen LogP contribution in [0.25, 0.3) is 10.6 Å². The van der Waals surface area contributed by atoms with Crippen molar-refractivity contribution in [1.29, 1.82) is 0 Å². The van der Waals surface area contributed by atoms with Gasteiger partial charge in [-0.1, -0.05) is 12.8 Å². The van der Waals surface area contributed by atoms with Gasteiger partial charge in [-0.05, 0) is 31.2 Å². The first-order chi connectivity index (χ1) is 11.5. The maximum absolute atomic E-state index is 12.7. The van der Waals surface area contributed by atoms with Crippen LogP contribution in [0.2, 0.25) is 0 Å². The zero-order chi connectivity index (χ0) is 17.2. The zero-order valence-electron chi connectivity index (χ0n) is 13.7. The molecule has 1 saturated carbocycles. The molecule has 128 valence electrons. The fourth-order valence-corrected chi connectivity index (χ4v) is 4.75. The van der Waals surface area contributed by atoms with Gasteiger partial charge in [0.25, 0.3) is 5.91 Å². The van der Waals surface area contributed by atoms with E-state index in [1.54, 1.807) is 17.5 Å². The van der Waals surface area contributed by atoms with Crippen molar-refractivity contribution in [2.24, 2.45) is 5.92 Å². The molecule has 1 amide bonds. The van der Waals surface area contributed by atoms with E-state index >= 15 is 0 Å². The molecule has 0 spiro atoms. The van der Waals surface area contributed by atoms with Crippen molar-refractivity contribution in [1.82, 2.24) is 10.3 Å². The molecule has 0 aromatic carbocycles. The third-order valence-electron chi connectivity index (χ3n) is 4.59. The number of carbonyl (C=O) groups excluding carboxylic acids is 2. The molecule has 0 aliphatic heterocycles. The molecule has 2 heterocycles. The maximum Gasteiger partial charge on any atom is 0.311 e. The highest BCUT2D eigenvalue weighted by molar-refractivity contribution is 7.17. The number of methoxy groups -OCH3 is 1. The van der Waals surface area contributed by atoms with Crippen LogP contribution in [0.5, 0.6) is 0 Å². The molecule has 0 bridgehead atoms. The average Bonchev–Trinajstić information content (AvgIpc) is 3.25. The Hall–Kier alpha value is -1.73. The highest BCUT2D eigenvalue weighted by atomic mass is 32.1. The van der Waals surface area contributed by atoms with Crippen molar-refractivity contribution in [3.8, 4) is 10.6 Å². The lowest BCUT2D eigenvalue weighted by atomic mass is 9.74. The van der Waals surface area contributed by atoms with Crippen LogP contribution in [0.4, 0.5) is 0 Å². The summed E-state index contributed by atoms with van der Waals surface area (Å²) in [6.45, 7) is 1.94. The van der Waals surface area contributed by atoms with E-state index in [-0.39, 0.29) is 17.8 Å². The molecule has 2 atom stereocenters. The molecule has 0 unspecified atom stereocenters. The summed E-state index contributed by atoms with van der Waals surface area (Å²) < 4.78 is 4.93. The fraction of sp³-hybridized carbons (Fsp3) is 0.471. The van der Waals surface area contributed by atoms with Crippen molar-refractivity contribution in [2.75, 3.05) is 7.11 Å². The number of hydrogen-bond acceptors (Lipinski definition) is 6. The molecule has 2 aromatic rings. The third-order valence-corrected chi connectivity index (χ3v) is 6.32. The summed E-state index contributed by atoms with van der Waals surface area (Å²) >= 11 is 2.97. The van der Waals surface area contributed by atoms with E-state index in [2.05, 4.69) is 10.3 Å². The van der Waals surface area contributed by atoms with E-state index in [1.165, 1.54) is 18.4 Å². The molecule has 1 aliphatic carbocycles. The first-order valence-electron chi connectivity index (χ1n) is 7.92. The lowest BCUT2D eigenvalue weighted by molar-refractivity contribution is -0.149. The molecule has 3 rings (SSSR count). The Morgan fingerprint density at radius 1 is 1.42 bits per heavy atom. The molecule has 24 heavy (non-hydrogen) atoms. The second-order valence-corrected chi connectivity index (χ2v) is 8.05. The van der Waals surface area contributed by atoms with Crippen molar-refractivity contribution in [2.45, 2.75) is 38.1 Å². The summed E-state index contributed by atoms with van der Waals surface area (Å²) in [5.41, 5.74) is 0.454. The molecule has 0 saturated heterocycles. The highest BCUT2D eigenvalue weighted by Gasteiger charge is 2.43. The molecular formula is C17H20N2O3S2. The largest absolute Gasteiger partial charge is 0.469 e. The van der Waals surface area contributed by atoms with Crippen LogP contribution < -0.4 is 5.32 Å². The molecule has 2 aromatic heterocycles. The van der Waals surface area contributed by atoms with E-state index < -0.39 is 5.54 Å². The van der Waals surface area contributed by atoms with E-state index in [9.17, 15) is 9.59 Å². The number of aromatic nitrogens is 1. The first-order valence-corrected chi connectivity index (χ1v) is 9.68. The quantitative estimate of drug-likeness (QED) is 0.840. The van der Waals surface area contributed by atoms with Gasteiger partial charge in [-0.3, -0.25) is 9.59 Å². The van der Waals surface area contributed by atoms with E-state index in [4.69, 9.17) is 4.74 Å². The normalized spacial score (nSPS) is 23.7. The van der Waals surface area contributed by atoms with E-state index in [1.807, 2.05) is 23.8 Å². The van der Waals surface area contributed by atoms with Crippen molar-refractivity contribution < 1.29 is 14.3 Å². The number of amides is 1. The minimum atomic E-state index is -0.574. The lowest BCUT2D eigenvalue weighted by Crippen LogP contribution is -2.55. The van der Waals surface area contributed by atoms with E-state index in [0.29, 0.717) is 4.88 Å². The van der Waals surface area contributed by atoms with Crippen LogP contribution in [0.3, 0.4) is 0 Å². The van der Waals surface area contributed by atoms with Gasteiger partial charge < -0.3 is 10.1 Å². The van der Waals surface area contributed by atoms with Crippen LogP contribution in [-0.4, -0.2) is 29.5 Å². The van der Waals surface area contributed by atoms with Crippen LogP contribution in [0.1, 0.15) is 42.3 Å². The SMILES string of the molecule is COC(=O)[C@@H]1CCCC[C@]1(C)NC(=O)c1cnc(-c2ccsc2)s1. The summed E-state index contributed by atoms with van der Waals surface area (Å²) in [5.74, 6) is -0.725. The number of esters is 1. The van der Waals surface area contributed by atoms with Gasteiger partial charge in [-0.15, -0.1) is 11.3 Å². The monoisotopic (exact) mass is 364 g/mol. The number of nitrogens with one attached hydrogen (secondary N) is 1. The molecule has 5 nitrogen and oxygen atoms in total. The zero-order valence-corrected chi connectivity index (χ0v) is 15.3. The fourth-order valence-electron chi connectivity index (χ4n) is 3.22. The van der Waals surface area contributed by atoms with Crippen LogP contribution in [0, 0.1) is 5.92 Å². The average molecular weight is 364 g/mol. The number of carbonyl (C=O) groups is 2. The van der Waals surface area contributed by atoms with Crippen molar-refractivity contribution >= 4 is 34.6 Å². The van der Waals surface area contributed by atoms with Gasteiger partial charge in [0.15, 0.2) is 0 Å². The Kier molecular flexibility index (Phi) is 5.01. The standard InChI is InChI=1S/C17H20N2O3S2/c1-17(7-4-3-5-12(17)16(21)22-2)19-14(20)13-9-18-15(24-13)11-6-8-23-10-11/h6,8-10,12H,3-5,7H2,1-2H3,(H,19,20)/t12-,17-/m0/s1. The Labute approximate surface area is 149 Å². The van der Waals surface area contributed by atoms with Gasteiger partial charge in [0.05, 0.1) is 24.8 Å². The predicted octanol–water partition coefficient (Wildman–Crippen LogP) is 3.72. The van der Waals surface area contributed by atoms with Crippen LogP contribution in [-0.2, 0) is 9.53 Å². The number of thiazole rings is 1. The van der Waals surface area contributed by atoms with E-state index in [0.717, 1.165) is 36.3 Å². The Morgan fingerprint density at radius 3 is 2.96 bits per heavy atom. The Bertz CT molecular complexity index is 726. The first kappa shape index (κ1) is 17.1. The summed E-state index contributed by atoms with van der Waals surface area (Å²) in [4.78, 5) is 29.6.